The molecule has 19 heavy (non-hydrogen) atoms. The van der Waals surface area contributed by atoms with Crippen LogP contribution in [0, 0.1) is 0 Å². The molecule has 7 nitrogen and oxygen atoms in total. The molecule has 1 heterocycles. The predicted molar refractivity (Wildman–Crippen MR) is 70.2 cm³/mol. The van der Waals surface area contributed by atoms with Crippen LogP contribution < -0.4 is 15.2 Å². The highest BCUT2D eigenvalue weighted by molar-refractivity contribution is 7.92. The number of benzene rings is 1. The second-order valence-corrected chi connectivity index (χ2v) is 5.27. The van der Waals surface area contributed by atoms with Crippen molar-refractivity contribution >= 4 is 21.7 Å². The highest BCUT2D eigenvalue weighted by Gasteiger charge is 2.17. The molecule has 0 spiro atoms. The average molecular weight is 280 g/mol. The van der Waals surface area contributed by atoms with Crippen molar-refractivity contribution in [2.75, 3.05) is 17.6 Å². The lowest BCUT2D eigenvalue weighted by Crippen LogP contribution is -2.14. The van der Waals surface area contributed by atoms with Crippen LogP contribution in [0.1, 0.15) is 0 Å². The zero-order valence-electron chi connectivity index (χ0n) is 10.1. The summed E-state index contributed by atoms with van der Waals surface area (Å²) in [6.07, 6.45) is 2.28. The fourth-order valence-corrected chi connectivity index (χ4v) is 2.36. The molecule has 0 amide bonds. The first-order valence-electron chi connectivity index (χ1n) is 5.26. The quantitative estimate of drug-likeness (QED) is 0.860. The lowest BCUT2D eigenvalue weighted by atomic mass is 10.3. The highest BCUT2D eigenvalue weighted by atomic mass is 32.2. The van der Waals surface area contributed by atoms with Crippen molar-refractivity contribution in [2.24, 2.45) is 0 Å². The van der Waals surface area contributed by atoms with Gasteiger partial charge in [0.2, 0.25) is 5.95 Å². The third-order valence-corrected chi connectivity index (χ3v) is 3.63. The Bertz CT molecular complexity index is 671. The number of anilines is 2. The molecule has 1 aromatic carbocycles. The molecular weight excluding hydrogens is 268 g/mol. The van der Waals surface area contributed by atoms with Gasteiger partial charge in [-0.3, -0.25) is 4.72 Å². The van der Waals surface area contributed by atoms with Crippen molar-refractivity contribution in [1.82, 2.24) is 9.97 Å². The number of nitrogens with zero attached hydrogens (tertiary/aromatic N) is 2. The fourth-order valence-electron chi connectivity index (χ4n) is 1.40. The van der Waals surface area contributed by atoms with E-state index in [1.165, 1.54) is 7.11 Å². The number of rotatable bonds is 4. The summed E-state index contributed by atoms with van der Waals surface area (Å²) in [6.45, 7) is 0. The highest BCUT2D eigenvalue weighted by Crippen LogP contribution is 2.25. The third-order valence-electron chi connectivity index (χ3n) is 2.31. The Kier molecular flexibility index (Phi) is 3.52. The maximum atomic E-state index is 12.1. The molecule has 1 aromatic heterocycles. The van der Waals surface area contributed by atoms with E-state index in [4.69, 9.17) is 10.5 Å². The van der Waals surface area contributed by atoms with Gasteiger partial charge in [-0.15, -0.1) is 0 Å². The Morgan fingerprint density at radius 2 is 1.84 bits per heavy atom. The van der Waals surface area contributed by atoms with E-state index in [9.17, 15) is 8.42 Å². The standard InChI is InChI=1S/C11H12N4O3S/c1-18-10-5-3-2-4-9(10)15-19(16,17)8-6-13-11(12)14-7-8/h2-7,15H,1H3,(H2,12,13,14). The molecule has 3 N–H and O–H groups in total. The molecule has 8 heteroatoms. The first-order chi connectivity index (χ1) is 9.03. The molecule has 0 unspecified atom stereocenters. The number of nitrogens with two attached hydrogens (primary N) is 1. The fraction of sp³-hybridized carbons (Fsp3) is 0.0909. The van der Waals surface area contributed by atoms with Gasteiger partial charge in [0, 0.05) is 0 Å². The van der Waals surface area contributed by atoms with Crippen LogP contribution in [-0.2, 0) is 10.0 Å². The Labute approximate surface area is 110 Å². The zero-order chi connectivity index (χ0) is 13.9. The van der Waals surface area contributed by atoms with E-state index in [0.717, 1.165) is 12.4 Å². The largest absolute Gasteiger partial charge is 0.495 e. The molecule has 2 rings (SSSR count). The second kappa shape index (κ2) is 5.11. The van der Waals surface area contributed by atoms with Crippen molar-refractivity contribution in [3.05, 3.63) is 36.7 Å². The number of aromatic nitrogens is 2. The van der Waals surface area contributed by atoms with E-state index < -0.39 is 10.0 Å². The summed E-state index contributed by atoms with van der Waals surface area (Å²) in [5, 5.41) is 0. The number of hydrogen-bond acceptors (Lipinski definition) is 6. The van der Waals surface area contributed by atoms with Crippen molar-refractivity contribution in [3.63, 3.8) is 0 Å². The van der Waals surface area contributed by atoms with Gasteiger partial charge < -0.3 is 10.5 Å². The maximum Gasteiger partial charge on any atom is 0.265 e. The van der Waals surface area contributed by atoms with Gasteiger partial charge in [-0.1, -0.05) is 12.1 Å². The molecule has 0 fully saturated rings. The molecule has 0 aliphatic heterocycles. The van der Waals surface area contributed by atoms with E-state index in [-0.39, 0.29) is 10.8 Å². The van der Waals surface area contributed by atoms with Crippen molar-refractivity contribution in [1.29, 1.82) is 0 Å². The predicted octanol–water partition coefficient (Wildman–Crippen LogP) is 0.868. The van der Waals surface area contributed by atoms with Crippen LogP contribution in [-0.4, -0.2) is 25.5 Å². The van der Waals surface area contributed by atoms with Crippen LogP contribution >= 0.6 is 0 Å². The lowest BCUT2D eigenvalue weighted by molar-refractivity contribution is 0.417. The van der Waals surface area contributed by atoms with Gasteiger partial charge >= 0.3 is 0 Å². The Morgan fingerprint density at radius 3 is 2.47 bits per heavy atom. The number of hydrogen-bond donors (Lipinski definition) is 2. The van der Waals surface area contributed by atoms with E-state index >= 15 is 0 Å². The minimum absolute atomic E-state index is 0.0104. The summed E-state index contributed by atoms with van der Waals surface area (Å²) in [4.78, 5) is 7.22. The summed E-state index contributed by atoms with van der Waals surface area (Å²) in [5.41, 5.74) is 5.65. The minimum atomic E-state index is -3.77. The van der Waals surface area contributed by atoms with Crippen LogP contribution in [0.15, 0.2) is 41.6 Å². The zero-order valence-corrected chi connectivity index (χ0v) is 10.9. The maximum absolute atomic E-state index is 12.1. The number of sulfonamides is 1. The molecule has 0 aliphatic carbocycles. The summed E-state index contributed by atoms with van der Waals surface area (Å²) in [5.74, 6) is 0.429. The summed E-state index contributed by atoms with van der Waals surface area (Å²) < 4.78 is 31.7. The van der Waals surface area contributed by atoms with Crippen molar-refractivity contribution in [3.8, 4) is 5.75 Å². The molecule has 2 aromatic rings. The van der Waals surface area contributed by atoms with Gasteiger partial charge in [-0.05, 0) is 12.1 Å². The van der Waals surface area contributed by atoms with E-state index in [2.05, 4.69) is 14.7 Å². The average Bonchev–Trinajstić information content (AvgIpc) is 2.39. The van der Waals surface area contributed by atoms with Gasteiger partial charge in [0.1, 0.15) is 10.6 Å². The molecule has 0 atom stereocenters. The Hall–Kier alpha value is -2.35. The van der Waals surface area contributed by atoms with E-state index in [0.29, 0.717) is 11.4 Å². The van der Waals surface area contributed by atoms with Gasteiger partial charge in [0.15, 0.2) is 0 Å². The summed E-state index contributed by atoms with van der Waals surface area (Å²) in [7, 11) is -2.32. The van der Waals surface area contributed by atoms with Gasteiger partial charge in [0.05, 0.1) is 25.2 Å². The van der Waals surface area contributed by atoms with E-state index in [1.54, 1.807) is 24.3 Å². The number of para-hydroxylation sites is 2. The molecule has 0 aliphatic rings. The van der Waals surface area contributed by atoms with E-state index in [1.807, 2.05) is 0 Å². The van der Waals surface area contributed by atoms with Crippen molar-refractivity contribution in [2.45, 2.75) is 4.90 Å². The van der Waals surface area contributed by atoms with Gasteiger partial charge in [0.25, 0.3) is 10.0 Å². The molecule has 0 saturated carbocycles. The van der Waals surface area contributed by atoms with Crippen LogP contribution in [0.4, 0.5) is 11.6 Å². The van der Waals surface area contributed by atoms with Gasteiger partial charge in [-0.25, -0.2) is 18.4 Å². The minimum Gasteiger partial charge on any atom is -0.495 e. The smallest absolute Gasteiger partial charge is 0.265 e. The molecule has 0 saturated heterocycles. The Morgan fingerprint density at radius 1 is 1.21 bits per heavy atom. The van der Waals surface area contributed by atoms with Crippen molar-refractivity contribution < 1.29 is 13.2 Å². The lowest BCUT2D eigenvalue weighted by Gasteiger charge is -2.11. The molecular formula is C11H12N4O3S. The molecule has 0 bridgehead atoms. The van der Waals surface area contributed by atoms with Crippen LogP contribution in [0.5, 0.6) is 5.75 Å². The summed E-state index contributed by atoms with van der Waals surface area (Å²) in [6, 6.07) is 6.68. The van der Waals surface area contributed by atoms with Gasteiger partial charge in [-0.2, -0.15) is 0 Å². The van der Waals surface area contributed by atoms with Crippen LogP contribution in [0.2, 0.25) is 0 Å². The third kappa shape index (κ3) is 2.91. The number of nitrogen functional groups attached to an aromatic ring is 1. The number of ether oxygens (including phenoxy) is 1. The normalized spacial score (nSPS) is 11.0. The topological polar surface area (TPSA) is 107 Å². The molecule has 100 valence electrons. The van der Waals surface area contributed by atoms with Crippen LogP contribution in [0.3, 0.4) is 0 Å². The second-order valence-electron chi connectivity index (χ2n) is 3.58. The Balaban J connectivity index is 2.34. The summed E-state index contributed by atoms with van der Waals surface area (Å²) >= 11 is 0. The first-order valence-corrected chi connectivity index (χ1v) is 6.74. The van der Waals surface area contributed by atoms with Crippen LogP contribution in [0.25, 0.3) is 0 Å². The monoisotopic (exact) mass is 280 g/mol. The number of methoxy groups -OCH3 is 1. The number of nitrogens with one attached hydrogen (secondary N) is 1. The molecule has 0 radical (unpaired) electrons. The SMILES string of the molecule is COc1ccccc1NS(=O)(=O)c1cnc(N)nc1. The first kappa shape index (κ1) is 13.1.